The third-order valence-electron chi connectivity index (χ3n) is 4.68. The summed E-state index contributed by atoms with van der Waals surface area (Å²) in [5.41, 5.74) is 7.93. The van der Waals surface area contributed by atoms with Crippen LogP contribution in [-0.4, -0.2) is 24.3 Å². The van der Waals surface area contributed by atoms with E-state index in [1.165, 1.54) is 0 Å². The van der Waals surface area contributed by atoms with E-state index in [1.807, 2.05) is 24.3 Å². The summed E-state index contributed by atoms with van der Waals surface area (Å²) in [6.45, 7) is 2.00. The first kappa shape index (κ1) is 24.7. The Kier molecular flexibility index (Phi) is 9.82. The molecule has 8 heteroatoms. The molecule has 0 fully saturated rings. The molecule has 31 heavy (non-hydrogen) atoms. The second-order valence-electron chi connectivity index (χ2n) is 7.15. The summed E-state index contributed by atoms with van der Waals surface area (Å²) in [5, 5.41) is 11.2. The second kappa shape index (κ2) is 12.3. The van der Waals surface area contributed by atoms with E-state index >= 15 is 0 Å². The molecule has 1 atom stereocenters. The van der Waals surface area contributed by atoms with Gasteiger partial charge in [-0.1, -0.05) is 47.5 Å². The minimum Gasteiger partial charge on any atom is -0.466 e. The van der Waals surface area contributed by atoms with E-state index in [9.17, 15) is 9.59 Å². The molecule has 6 nitrogen and oxygen atoms in total. The third kappa shape index (κ3) is 8.59. The van der Waals surface area contributed by atoms with Crippen LogP contribution >= 0.6 is 23.2 Å². The van der Waals surface area contributed by atoms with E-state index in [4.69, 9.17) is 39.1 Å². The van der Waals surface area contributed by atoms with E-state index in [0.717, 1.165) is 18.4 Å². The van der Waals surface area contributed by atoms with Gasteiger partial charge < -0.3 is 15.8 Å². The van der Waals surface area contributed by atoms with E-state index in [2.05, 4.69) is 5.32 Å². The highest BCUT2D eigenvalue weighted by Gasteiger charge is 2.20. The van der Waals surface area contributed by atoms with Gasteiger partial charge in [0.1, 0.15) is 5.84 Å². The molecule has 0 spiro atoms. The first-order valence-electron chi connectivity index (χ1n) is 10.1. The van der Waals surface area contributed by atoms with Crippen molar-refractivity contribution < 1.29 is 14.3 Å². The molecule has 0 bridgehead atoms. The fourth-order valence-corrected chi connectivity index (χ4v) is 3.69. The number of ether oxygens (including phenoxy) is 1. The zero-order valence-corrected chi connectivity index (χ0v) is 18.9. The summed E-state index contributed by atoms with van der Waals surface area (Å²) in [7, 11) is 0. The molecule has 0 saturated heterocycles. The summed E-state index contributed by atoms with van der Waals surface area (Å²) < 4.78 is 5.03. The van der Waals surface area contributed by atoms with Gasteiger partial charge in [0.15, 0.2) is 0 Å². The lowest BCUT2D eigenvalue weighted by Gasteiger charge is -2.19. The largest absolute Gasteiger partial charge is 0.466 e. The maximum Gasteiger partial charge on any atom is 0.308 e. The molecular formula is C23H27Cl2N3O3. The smallest absolute Gasteiger partial charge is 0.308 e. The lowest BCUT2D eigenvalue weighted by Crippen LogP contribution is -2.30. The van der Waals surface area contributed by atoms with Crippen LogP contribution in [0.1, 0.15) is 55.3 Å². The highest BCUT2D eigenvalue weighted by molar-refractivity contribution is 6.34. The van der Waals surface area contributed by atoms with Crippen molar-refractivity contribution in [3.63, 3.8) is 0 Å². The number of rotatable bonds is 11. The molecule has 0 heterocycles. The first-order chi connectivity index (χ1) is 14.8. The number of nitrogens with one attached hydrogen (secondary N) is 2. The zero-order valence-electron chi connectivity index (χ0n) is 17.4. The highest BCUT2D eigenvalue weighted by Crippen LogP contribution is 2.26. The third-order valence-corrected chi connectivity index (χ3v) is 5.12. The van der Waals surface area contributed by atoms with Crippen LogP contribution in [0.4, 0.5) is 0 Å². The molecule has 0 aliphatic carbocycles. The Hall–Kier alpha value is -2.57. The maximum absolute atomic E-state index is 12.5. The van der Waals surface area contributed by atoms with Gasteiger partial charge in [-0.3, -0.25) is 15.0 Å². The van der Waals surface area contributed by atoms with Crippen molar-refractivity contribution in [3.8, 4) is 0 Å². The van der Waals surface area contributed by atoms with Crippen molar-refractivity contribution in [2.45, 2.75) is 45.1 Å². The monoisotopic (exact) mass is 463 g/mol. The number of unbranched alkanes of at least 4 members (excludes halogenated alkanes) is 1. The molecule has 0 aliphatic rings. The fourth-order valence-electron chi connectivity index (χ4n) is 3.15. The molecule has 166 valence electrons. The van der Waals surface area contributed by atoms with Crippen LogP contribution < -0.4 is 11.1 Å². The van der Waals surface area contributed by atoms with Gasteiger partial charge >= 0.3 is 5.97 Å². The Morgan fingerprint density at radius 1 is 1.10 bits per heavy atom. The van der Waals surface area contributed by atoms with Gasteiger partial charge in [0, 0.05) is 22.0 Å². The van der Waals surface area contributed by atoms with Gasteiger partial charge in [0.25, 0.3) is 0 Å². The van der Waals surface area contributed by atoms with Crippen LogP contribution in [0.3, 0.4) is 0 Å². The molecular weight excluding hydrogens is 437 g/mol. The molecule has 1 unspecified atom stereocenters. The van der Waals surface area contributed by atoms with Crippen molar-refractivity contribution in [1.29, 1.82) is 5.41 Å². The quantitative estimate of drug-likeness (QED) is 0.192. The Morgan fingerprint density at radius 2 is 1.74 bits per heavy atom. The molecule has 2 rings (SSSR count). The standard InChI is InChI=1S/C23H27Cl2N3O3/c1-2-31-22(30)14-20(17-11-18(24)13-19(25)12-17)28-21(29)6-4-3-5-15-7-9-16(10-8-15)23(26)27/h7-13,20H,2-6,14H2,1H3,(H3,26,27)(H,28,29). The normalized spacial score (nSPS) is 11.6. The predicted molar refractivity (Wildman–Crippen MR) is 124 cm³/mol. The fraction of sp³-hybridized carbons (Fsp3) is 0.348. The summed E-state index contributed by atoms with van der Waals surface area (Å²) in [4.78, 5) is 24.5. The van der Waals surface area contributed by atoms with Crippen molar-refractivity contribution in [2.24, 2.45) is 5.73 Å². The highest BCUT2D eigenvalue weighted by atomic mass is 35.5. The number of carbonyl (C=O) groups is 2. The molecule has 0 aromatic heterocycles. The van der Waals surface area contributed by atoms with Crippen molar-refractivity contribution in [3.05, 3.63) is 69.2 Å². The van der Waals surface area contributed by atoms with Crippen molar-refractivity contribution in [2.75, 3.05) is 6.61 Å². The number of nitrogens with two attached hydrogens (primary N) is 1. The van der Waals surface area contributed by atoms with E-state index in [1.54, 1.807) is 25.1 Å². The number of aryl methyl sites for hydroxylation is 1. The Morgan fingerprint density at radius 3 is 2.32 bits per heavy atom. The molecule has 0 saturated carbocycles. The summed E-state index contributed by atoms with van der Waals surface area (Å²) >= 11 is 12.2. The number of carbonyl (C=O) groups excluding carboxylic acids is 2. The lowest BCUT2D eigenvalue weighted by atomic mass is 10.0. The zero-order chi connectivity index (χ0) is 22.8. The van der Waals surface area contributed by atoms with Crippen LogP contribution in [0.15, 0.2) is 42.5 Å². The van der Waals surface area contributed by atoms with Gasteiger partial charge in [0.2, 0.25) is 5.91 Å². The van der Waals surface area contributed by atoms with Gasteiger partial charge in [0.05, 0.1) is 19.1 Å². The van der Waals surface area contributed by atoms with Gasteiger partial charge in [-0.2, -0.15) is 0 Å². The molecule has 4 N–H and O–H groups in total. The molecule has 0 radical (unpaired) electrons. The lowest BCUT2D eigenvalue weighted by molar-refractivity contribution is -0.143. The number of amidine groups is 1. The number of amides is 1. The first-order valence-corrected chi connectivity index (χ1v) is 10.9. The Bertz CT molecular complexity index is 897. The minimum absolute atomic E-state index is 0.00124. The minimum atomic E-state index is -0.568. The van der Waals surface area contributed by atoms with Crippen LogP contribution in [0.5, 0.6) is 0 Å². The summed E-state index contributed by atoms with van der Waals surface area (Å²) in [6.07, 6.45) is 2.68. The van der Waals surface area contributed by atoms with Crippen LogP contribution in [-0.2, 0) is 20.7 Å². The van der Waals surface area contributed by atoms with Crippen molar-refractivity contribution >= 4 is 40.9 Å². The van der Waals surface area contributed by atoms with Gasteiger partial charge in [-0.25, -0.2) is 0 Å². The number of halogens is 2. The molecule has 2 aromatic carbocycles. The average molecular weight is 464 g/mol. The topological polar surface area (TPSA) is 105 Å². The Labute approximate surface area is 192 Å². The van der Waals surface area contributed by atoms with Crippen LogP contribution in [0.25, 0.3) is 0 Å². The molecule has 0 aliphatic heterocycles. The average Bonchev–Trinajstić information content (AvgIpc) is 2.70. The van der Waals surface area contributed by atoms with Gasteiger partial charge in [-0.05, 0) is 55.5 Å². The van der Waals surface area contributed by atoms with Gasteiger partial charge in [-0.15, -0.1) is 0 Å². The van der Waals surface area contributed by atoms with Crippen LogP contribution in [0, 0.1) is 5.41 Å². The van der Waals surface area contributed by atoms with Crippen LogP contribution in [0.2, 0.25) is 10.0 Å². The summed E-state index contributed by atoms with van der Waals surface area (Å²) in [6, 6.07) is 11.9. The number of nitrogen functional groups attached to an aromatic ring is 1. The van der Waals surface area contributed by atoms with E-state index in [0.29, 0.717) is 34.0 Å². The van der Waals surface area contributed by atoms with E-state index in [-0.39, 0.29) is 24.8 Å². The predicted octanol–water partition coefficient (Wildman–Crippen LogP) is 4.80. The number of hydrogen-bond acceptors (Lipinski definition) is 4. The number of esters is 1. The summed E-state index contributed by atoms with van der Waals surface area (Å²) in [5.74, 6) is -0.517. The number of hydrogen-bond donors (Lipinski definition) is 3. The molecule has 2 aromatic rings. The van der Waals surface area contributed by atoms with E-state index < -0.39 is 12.0 Å². The molecule has 1 amide bonds. The van der Waals surface area contributed by atoms with Crippen molar-refractivity contribution in [1.82, 2.24) is 5.32 Å². The maximum atomic E-state index is 12.5. The second-order valence-corrected chi connectivity index (χ2v) is 8.02. The number of benzene rings is 2. The SMILES string of the molecule is CCOC(=O)CC(NC(=O)CCCCc1ccc(C(=N)N)cc1)c1cc(Cl)cc(Cl)c1. The Balaban J connectivity index is 1.90.